The number of hydrogen-bond donors (Lipinski definition) is 1. The molecule has 1 aromatic rings. The number of carbonyl (C=O) groups excluding carboxylic acids is 1. The molecular weight excluding hydrogens is 296 g/mol. The molecule has 6 nitrogen and oxygen atoms in total. The van der Waals surface area contributed by atoms with Gasteiger partial charge in [0.1, 0.15) is 11.4 Å². The third-order valence-corrected chi connectivity index (χ3v) is 5.11. The standard InChI is InChI=1S/C17H26N2O4/c1-4-5-6-16(21)8-17(22-11-16)9-19(10-17)15(20)7-14-12(2)18-23-13(14)3/h21H,4-11H2,1-3H3. The minimum Gasteiger partial charge on any atom is -0.387 e. The lowest BCUT2D eigenvalue weighted by Crippen LogP contribution is -2.64. The van der Waals surface area contributed by atoms with Crippen molar-refractivity contribution < 1.29 is 19.2 Å². The van der Waals surface area contributed by atoms with E-state index in [-0.39, 0.29) is 11.5 Å². The highest BCUT2D eigenvalue weighted by molar-refractivity contribution is 5.80. The van der Waals surface area contributed by atoms with Crippen LogP contribution in [0.1, 0.15) is 49.6 Å². The lowest BCUT2D eigenvalue weighted by atomic mass is 9.82. The fourth-order valence-corrected chi connectivity index (χ4v) is 3.70. The van der Waals surface area contributed by atoms with Crippen LogP contribution in [0.5, 0.6) is 0 Å². The molecule has 128 valence electrons. The molecule has 0 aromatic carbocycles. The maximum absolute atomic E-state index is 12.4. The summed E-state index contributed by atoms with van der Waals surface area (Å²) in [7, 11) is 0. The Morgan fingerprint density at radius 3 is 2.74 bits per heavy atom. The number of rotatable bonds is 5. The highest BCUT2D eigenvalue weighted by Gasteiger charge is 2.55. The van der Waals surface area contributed by atoms with Crippen molar-refractivity contribution in [2.45, 2.75) is 64.1 Å². The number of unbranched alkanes of at least 4 members (excludes halogenated alkanes) is 1. The SMILES string of the molecule is CCCCC1(O)COC2(CN(C(=O)Cc3c(C)noc3C)C2)C1. The van der Waals surface area contributed by atoms with Crippen LogP contribution in [0.2, 0.25) is 0 Å². The summed E-state index contributed by atoms with van der Waals surface area (Å²) in [5.74, 6) is 0.773. The van der Waals surface area contributed by atoms with Gasteiger partial charge < -0.3 is 19.3 Å². The average Bonchev–Trinajstić information content (AvgIpc) is 2.99. The summed E-state index contributed by atoms with van der Waals surface area (Å²) in [4.78, 5) is 14.2. The summed E-state index contributed by atoms with van der Waals surface area (Å²) in [6.07, 6.45) is 3.80. The molecule has 6 heteroatoms. The Balaban J connectivity index is 1.54. The molecule has 1 N–H and O–H groups in total. The fraction of sp³-hybridized carbons (Fsp3) is 0.765. The van der Waals surface area contributed by atoms with Crippen molar-refractivity contribution in [3.05, 3.63) is 17.0 Å². The number of aromatic nitrogens is 1. The van der Waals surface area contributed by atoms with Gasteiger partial charge in [-0.3, -0.25) is 4.79 Å². The van der Waals surface area contributed by atoms with Gasteiger partial charge in [0.05, 0.1) is 37.4 Å². The normalized spacial score (nSPS) is 25.8. The van der Waals surface area contributed by atoms with Crippen molar-refractivity contribution >= 4 is 5.91 Å². The first-order valence-electron chi connectivity index (χ1n) is 8.42. The molecule has 3 heterocycles. The van der Waals surface area contributed by atoms with E-state index >= 15 is 0 Å². The van der Waals surface area contributed by atoms with Gasteiger partial charge in [0.2, 0.25) is 5.91 Å². The summed E-state index contributed by atoms with van der Waals surface area (Å²) in [6, 6.07) is 0. The average molecular weight is 322 g/mol. The Morgan fingerprint density at radius 1 is 1.39 bits per heavy atom. The summed E-state index contributed by atoms with van der Waals surface area (Å²) < 4.78 is 11.0. The van der Waals surface area contributed by atoms with E-state index in [9.17, 15) is 9.90 Å². The molecule has 0 bridgehead atoms. The summed E-state index contributed by atoms with van der Waals surface area (Å²) >= 11 is 0. The van der Waals surface area contributed by atoms with E-state index in [4.69, 9.17) is 9.26 Å². The largest absolute Gasteiger partial charge is 0.387 e. The van der Waals surface area contributed by atoms with Crippen LogP contribution in [0.15, 0.2) is 4.52 Å². The number of hydrogen-bond acceptors (Lipinski definition) is 5. The van der Waals surface area contributed by atoms with Crippen LogP contribution < -0.4 is 0 Å². The summed E-state index contributed by atoms with van der Waals surface area (Å²) in [5, 5.41) is 14.5. The molecule has 1 spiro atoms. The number of carbonyl (C=O) groups is 1. The molecule has 1 aromatic heterocycles. The predicted molar refractivity (Wildman–Crippen MR) is 84.0 cm³/mol. The summed E-state index contributed by atoms with van der Waals surface area (Å²) in [6.45, 7) is 7.33. The minimum absolute atomic E-state index is 0.0672. The Bertz CT molecular complexity index is 572. The highest BCUT2D eigenvalue weighted by Crippen LogP contribution is 2.42. The molecule has 1 atom stereocenters. The molecule has 0 radical (unpaired) electrons. The summed E-state index contributed by atoms with van der Waals surface area (Å²) in [5.41, 5.74) is 0.601. The van der Waals surface area contributed by atoms with Gasteiger partial charge in [-0.05, 0) is 20.3 Å². The van der Waals surface area contributed by atoms with Gasteiger partial charge in [-0.25, -0.2) is 0 Å². The third kappa shape index (κ3) is 3.15. The van der Waals surface area contributed by atoms with Crippen LogP contribution in [-0.2, 0) is 16.0 Å². The molecule has 2 aliphatic rings. The molecule has 1 amide bonds. The van der Waals surface area contributed by atoms with Crippen LogP contribution in [-0.4, -0.2) is 52.0 Å². The van der Waals surface area contributed by atoms with Crippen molar-refractivity contribution in [2.75, 3.05) is 19.7 Å². The predicted octanol–water partition coefficient (Wildman–Crippen LogP) is 1.76. The third-order valence-electron chi connectivity index (χ3n) is 5.11. The molecule has 1 unspecified atom stereocenters. The van der Waals surface area contributed by atoms with Crippen molar-refractivity contribution in [1.82, 2.24) is 10.1 Å². The molecule has 2 aliphatic heterocycles. The maximum atomic E-state index is 12.4. The van der Waals surface area contributed by atoms with Gasteiger partial charge in [0.25, 0.3) is 0 Å². The van der Waals surface area contributed by atoms with E-state index in [1.807, 2.05) is 13.8 Å². The van der Waals surface area contributed by atoms with Crippen LogP contribution in [0.25, 0.3) is 0 Å². The van der Waals surface area contributed by atoms with Gasteiger partial charge in [0, 0.05) is 12.0 Å². The molecule has 2 fully saturated rings. The van der Waals surface area contributed by atoms with Crippen LogP contribution in [0.4, 0.5) is 0 Å². The first-order valence-corrected chi connectivity index (χ1v) is 8.42. The van der Waals surface area contributed by atoms with Crippen LogP contribution in [0.3, 0.4) is 0 Å². The Kier molecular flexibility index (Phi) is 4.23. The van der Waals surface area contributed by atoms with Crippen molar-refractivity contribution in [1.29, 1.82) is 0 Å². The second-order valence-electron chi connectivity index (χ2n) is 7.21. The fourth-order valence-electron chi connectivity index (χ4n) is 3.70. The van der Waals surface area contributed by atoms with Crippen LogP contribution >= 0.6 is 0 Å². The zero-order valence-corrected chi connectivity index (χ0v) is 14.2. The molecule has 0 aliphatic carbocycles. The van der Waals surface area contributed by atoms with E-state index in [1.54, 1.807) is 4.90 Å². The van der Waals surface area contributed by atoms with E-state index in [1.165, 1.54) is 0 Å². The van der Waals surface area contributed by atoms with Gasteiger partial charge in [0.15, 0.2) is 0 Å². The number of amides is 1. The topological polar surface area (TPSA) is 75.8 Å². The number of ether oxygens (including phenoxy) is 1. The molecule has 0 saturated carbocycles. The minimum atomic E-state index is -0.715. The molecule has 2 saturated heterocycles. The smallest absolute Gasteiger partial charge is 0.227 e. The molecular formula is C17H26N2O4. The molecule has 23 heavy (non-hydrogen) atoms. The van der Waals surface area contributed by atoms with Gasteiger partial charge >= 0.3 is 0 Å². The lowest BCUT2D eigenvalue weighted by Gasteiger charge is -2.47. The molecule has 3 rings (SSSR count). The maximum Gasteiger partial charge on any atom is 0.227 e. The quantitative estimate of drug-likeness (QED) is 0.894. The number of nitrogens with zero attached hydrogens (tertiary/aromatic N) is 2. The van der Waals surface area contributed by atoms with Gasteiger partial charge in [-0.15, -0.1) is 0 Å². The zero-order valence-electron chi connectivity index (χ0n) is 14.2. The second-order valence-corrected chi connectivity index (χ2v) is 7.21. The van der Waals surface area contributed by atoms with Gasteiger partial charge in [-0.2, -0.15) is 0 Å². The zero-order chi connectivity index (χ0) is 16.7. The van der Waals surface area contributed by atoms with Gasteiger partial charge in [-0.1, -0.05) is 24.9 Å². The van der Waals surface area contributed by atoms with E-state index in [0.717, 1.165) is 30.5 Å². The number of aryl methyl sites for hydroxylation is 2. The van der Waals surface area contributed by atoms with E-state index < -0.39 is 5.60 Å². The second kappa shape index (κ2) is 5.91. The Hall–Kier alpha value is -1.40. The van der Waals surface area contributed by atoms with Crippen molar-refractivity contribution in [3.63, 3.8) is 0 Å². The van der Waals surface area contributed by atoms with E-state index in [2.05, 4.69) is 12.1 Å². The lowest BCUT2D eigenvalue weighted by molar-refractivity contribution is -0.157. The Morgan fingerprint density at radius 2 is 2.13 bits per heavy atom. The van der Waals surface area contributed by atoms with Crippen molar-refractivity contribution in [2.24, 2.45) is 0 Å². The first kappa shape index (κ1) is 16.5. The van der Waals surface area contributed by atoms with Crippen LogP contribution in [0, 0.1) is 13.8 Å². The van der Waals surface area contributed by atoms with E-state index in [0.29, 0.717) is 38.3 Å². The Labute approximate surface area is 136 Å². The number of aliphatic hydroxyl groups is 1. The number of likely N-dealkylation sites (tertiary alicyclic amines) is 1. The van der Waals surface area contributed by atoms with Crippen molar-refractivity contribution in [3.8, 4) is 0 Å². The first-order chi connectivity index (χ1) is 10.9. The monoisotopic (exact) mass is 322 g/mol. The highest BCUT2D eigenvalue weighted by atomic mass is 16.5.